The van der Waals surface area contributed by atoms with Crippen molar-refractivity contribution < 1.29 is 0 Å². The van der Waals surface area contributed by atoms with Gasteiger partial charge in [-0.15, -0.1) is 0 Å². The molecule has 5 heteroatoms. The third kappa shape index (κ3) is 2.00. The molecule has 0 radical (unpaired) electrons. The minimum absolute atomic E-state index is 0.310. The molecule has 2 aromatic heterocycles. The molecule has 2 aromatic rings. The maximum atomic E-state index is 6.18. The fraction of sp³-hybridized carbons (Fsp3) is 0.538. The van der Waals surface area contributed by atoms with Crippen molar-refractivity contribution in [1.29, 1.82) is 0 Å². The molecule has 98 valence electrons. The van der Waals surface area contributed by atoms with Gasteiger partial charge in [0.05, 0.1) is 11.4 Å². The summed E-state index contributed by atoms with van der Waals surface area (Å²) in [6.45, 7) is 8.42. The summed E-state index contributed by atoms with van der Waals surface area (Å²) in [7, 11) is 1.90. The predicted octanol–water partition coefficient (Wildman–Crippen LogP) is 2.43. The van der Waals surface area contributed by atoms with E-state index in [-0.39, 0.29) is 0 Å². The second-order valence-electron chi connectivity index (χ2n) is 5.24. The van der Waals surface area contributed by atoms with Gasteiger partial charge in [0.2, 0.25) is 0 Å². The Labute approximate surface area is 108 Å². The quantitative estimate of drug-likeness (QED) is 0.906. The maximum absolute atomic E-state index is 6.18. The van der Waals surface area contributed by atoms with Crippen molar-refractivity contribution in [3.05, 3.63) is 23.7 Å². The molecule has 0 aliphatic heterocycles. The van der Waals surface area contributed by atoms with E-state index >= 15 is 0 Å². The summed E-state index contributed by atoms with van der Waals surface area (Å²) in [5.74, 6) is 1.56. The van der Waals surface area contributed by atoms with Gasteiger partial charge in [-0.25, -0.2) is 9.36 Å². The van der Waals surface area contributed by atoms with Gasteiger partial charge < -0.3 is 5.73 Å². The van der Waals surface area contributed by atoms with Crippen LogP contribution in [0.2, 0.25) is 0 Å². The smallest absolute Gasteiger partial charge is 0.175 e. The minimum atomic E-state index is 0.310. The van der Waals surface area contributed by atoms with Crippen molar-refractivity contribution in [3.63, 3.8) is 0 Å². The number of aryl methyl sites for hydroxylation is 1. The number of nitrogens with zero attached hydrogens (tertiary/aromatic N) is 4. The topological polar surface area (TPSA) is 61.7 Å². The highest BCUT2D eigenvalue weighted by molar-refractivity contribution is 5.58. The predicted molar refractivity (Wildman–Crippen MR) is 72.9 cm³/mol. The number of aromatic nitrogens is 4. The molecule has 2 N–H and O–H groups in total. The summed E-state index contributed by atoms with van der Waals surface area (Å²) < 4.78 is 3.60. The summed E-state index contributed by atoms with van der Waals surface area (Å²) in [6.07, 6.45) is 1.94. The largest absolute Gasteiger partial charge is 0.394 e. The van der Waals surface area contributed by atoms with Crippen molar-refractivity contribution in [2.24, 2.45) is 7.05 Å². The van der Waals surface area contributed by atoms with Crippen LogP contribution in [-0.2, 0) is 7.05 Å². The molecule has 0 aliphatic rings. The average Bonchev–Trinajstić information content (AvgIpc) is 2.83. The molecule has 0 unspecified atom stereocenters. The van der Waals surface area contributed by atoms with E-state index in [4.69, 9.17) is 5.73 Å². The third-order valence-corrected chi connectivity index (χ3v) is 3.05. The first-order valence-electron chi connectivity index (χ1n) is 6.30. The maximum Gasteiger partial charge on any atom is 0.175 e. The first-order chi connectivity index (χ1) is 8.41. The van der Waals surface area contributed by atoms with Gasteiger partial charge in [-0.05, 0) is 17.9 Å². The molecular formula is C13H21N5. The lowest BCUT2D eigenvalue weighted by Crippen LogP contribution is -2.06. The van der Waals surface area contributed by atoms with Gasteiger partial charge >= 0.3 is 0 Å². The summed E-state index contributed by atoms with van der Waals surface area (Å²) in [4.78, 5) is 0. The zero-order valence-electron chi connectivity index (χ0n) is 11.7. The monoisotopic (exact) mass is 247 g/mol. The number of hydrogen-bond donors (Lipinski definition) is 1. The van der Waals surface area contributed by atoms with Crippen LogP contribution in [0, 0.1) is 0 Å². The van der Waals surface area contributed by atoms with Crippen LogP contribution < -0.4 is 5.73 Å². The second kappa shape index (κ2) is 4.48. The molecule has 2 rings (SSSR count). The van der Waals surface area contributed by atoms with Crippen LogP contribution in [0.15, 0.2) is 12.3 Å². The Hall–Kier alpha value is -1.78. The highest BCUT2D eigenvalue weighted by Crippen LogP contribution is 2.26. The third-order valence-electron chi connectivity index (χ3n) is 3.05. The van der Waals surface area contributed by atoms with Crippen molar-refractivity contribution >= 4 is 5.69 Å². The first kappa shape index (κ1) is 12.7. The molecule has 0 atom stereocenters. The lowest BCUT2D eigenvalue weighted by molar-refractivity contribution is 0.667. The van der Waals surface area contributed by atoms with Gasteiger partial charge in [-0.3, -0.25) is 0 Å². The highest BCUT2D eigenvalue weighted by Gasteiger charge is 2.18. The Morgan fingerprint density at radius 1 is 1.11 bits per heavy atom. The van der Waals surface area contributed by atoms with Gasteiger partial charge in [0.25, 0.3) is 0 Å². The molecule has 0 saturated carbocycles. The van der Waals surface area contributed by atoms with E-state index < -0.39 is 0 Å². The van der Waals surface area contributed by atoms with E-state index in [2.05, 4.69) is 37.9 Å². The van der Waals surface area contributed by atoms with Crippen LogP contribution in [0.5, 0.6) is 0 Å². The summed E-state index contributed by atoms with van der Waals surface area (Å²) in [5, 5.41) is 9.02. The highest BCUT2D eigenvalue weighted by atomic mass is 15.4. The van der Waals surface area contributed by atoms with Crippen LogP contribution in [0.3, 0.4) is 0 Å². The van der Waals surface area contributed by atoms with Crippen molar-refractivity contribution in [2.45, 2.75) is 39.5 Å². The Kier molecular flexibility index (Phi) is 3.15. The Morgan fingerprint density at radius 3 is 2.22 bits per heavy atom. The Bertz CT molecular complexity index is 548. The van der Waals surface area contributed by atoms with Crippen molar-refractivity contribution in [3.8, 4) is 5.82 Å². The van der Waals surface area contributed by atoms with E-state index in [0.717, 1.165) is 17.2 Å². The van der Waals surface area contributed by atoms with E-state index in [1.807, 2.05) is 24.0 Å². The fourth-order valence-corrected chi connectivity index (χ4v) is 2.01. The number of rotatable bonds is 3. The Balaban J connectivity index is 2.50. The summed E-state index contributed by atoms with van der Waals surface area (Å²) in [6, 6.07) is 2.02. The van der Waals surface area contributed by atoms with Crippen molar-refractivity contribution in [1.82, 2.24) is 19.6 Å². The molecule has 0 fully saturated rings. The fourth-order valence-electron chi connectivity index (χ4n) is 2.01. The number of nitrogens with two attached hydrogens (primary N) is 1. The van der Waals surface area contributed by atoms with Crippen molar-refractivity contribution in [2.75, 3.05) is 5.73 Å². The number of nitrogen functional groups attached to an aromatic ring is 1. The van der Waals surface area contributed by atoms with E-state index in [1.165, 1.54) is 0 Å². The summed E-state index contributed by atoms with van der Waals surface area (Å²) >= 11 is 0. The van der Waals surface area contributed by atoms with Crippen LogP contribution >= 0.6 is 0 Å². The number of anilines is 1. The molecule has 0 aliphatic carbocycles. The van der Waals surface area contributed by atoms with Gasteiger partial charge in [-0.2, -0.15) is 10.2 Å². The zero-order valence-corrected chi connectivity index (χ0v) is 11.7. The Morgan fingerprint density at radius 2 is 1.78 bits per heavy atom. The van der Waals surface area contributed by atoms with Crippen LogP contribution in [-0.4, -0.2) is 19.6 Å². The van der Waals surface area contributed by atoms with Gasteiger partial charge in [-0.1, -0.05) is 27.7 Å². The second-order valence-corrected chi connectivity index (χ2v) is 5.24. The first-order valence-corrected chi connectivity index (χ1v) is 6.30. The minimum Gasteiger partial charge on any atom is -0.394 e. The molecule has 18 heavy (non-hydrogen) atoms. The molecular weight excluding hydrogens is 226 g/mol. The van der Waals surface area contributed by atoms with E-state index in [1.54, 1.807) is 4.68 Å². The molecule has 0 saturated heterocycles. The number of hydrogen-bond acceptors (Lipinski definition) is 3. The van der Waals surface area contributed by atoms with E-state index in [0.29, 0.717) is 17.5 Å². The molecule has 0 spiro atoms. The van der Waals surface area contributed by atoms with Crippen LogP contribution in [0.4, 0.5) is 5.69 Å². The van der Waals surface area contributed by atoms with Gasteiger partial charge in [0.15, 0.2) is 5.82 Å². The molecule has 2 heterocycles. The van der Waals surface area contributed by atoms with Gasteiger partial charge in [0.1, 0.15) is 5.69 Å². The van der Waals surface area contributed by atoms with Crippen LogP contribution in [0.1, 0.15) is 50.9 Å². The normalized spacial score (nSPS) is 11.7. The molecule has 0 aromatic carbocycles. The molecule has 0 bridgehead atoms. The zero-order chi connectivity index (χ0) is 13.4. The van der Waals surface area contributed by atoms with Crippen LogP contribution in [0.25, 0.3) is 5.82 Å². The van der Waals surface area contributed by atoms with E-state index in [9.17, 15) is 0 Å². The average molecular weight is 247 g/mol. The standard InChI is InChI=1S/C13H21N5/c1-8(2)10-6-7-18(15-10)13-11(14)12(9(3)4)16-17(13)5/h6-9H,14H2,1-5H3. The molecule has 5 nitrogen and oxygen atoms in total. The van der Waals surface area contributed by atoms with Gasteiger partial charge in [0, 0.05) is 13.2 Å². The summed E-state index contributed by atoms with van der Waals surface area (Å²) in [5.41, 5.74) is 8.87. The SMILES string of the molecule is CC(C)c1ccn(-c2c(N)c(C(C)C)nn2C)n1. The lowest BCUT2D eigenvalue weighted by Gasteiger charge is -2.04. The lowest BCUT2D eigenvalue weighted by atomic mass is 10.1. The molecule has 0 amide bonds.